The van der Waals surface area contributed by atoms with Crippen LogP contribution in [0.4, 0.5) is 5.69 Å². The third kappa shape index (κ3) is 4.29. The van der Waals surface area contributed by atoms with Gasteiger partial charge in [0.25, 0.3) is 5.91 Å². The Morgan fingerprint density at radius 1 is 1.18 bits per heavy atom. The first-order chi connectivity index (χ1) is 13.5. The molecule has 0 atom stereocenters. The summed E-state index contributed by atoms with van der Waals surface area (Å²) in [6, 6.07) is 13.8. The largest absolute Gasteiger partial charge is 0.546 e. The Balaban J connectivity index is 1.84. The lowest BCUT2D eigenvalue weighted by Crippen LogP contribution is -2.30. The molecule has 1 saturated heterocycles. The normalized spacial score (nSPS) is 14.9. The maximum Gasteiger partial charge on any atom is 0.281 e. The third-order valence-corrected chi connectivity index (χ3v) is 4.13. The van der Waals surface area contributed by atoms with E-state index in [-0.39, 0.29) is 16.7 Å². The number of carboxylic acids is 1. The highest BCUT2D eigenvalue weighted by molar-refractivity contribution is 7.80. The van der Waals surface area contributed by atoms with Crippen LogP contribution in [0.25, 0.3) is 6.08 Å². The van der Waals surface area contributed by atoms with Crippen LogP contribution < -0.4 is 24.8 Å². The van der Waals surface area contributed by atoms with Gasteiger partial charge in [-0.2, -0.15) is 0 Å². The lowest BCUT2D eigenvalue weighted by Gasteiger charge is -2.14. The van der Waals surface area contributed by atoms with Crippen molar-refractivity contribution >= 4 is 41.0 Å². The predicted octanol–water partition coefficient (Wildman–Crippen LogP) is 1.48. The molecular formula is C20H17N2O5S-. The molecule has 0 bridgehead atoms. The smallest absolute Gasteiger partial charge is 0.281 e. The van der Waals surface area contributed by atoms with Crippen LogP contribution in [0.3, 0.4) is 0 Å². The van der Waals surface area contributed by atoms with Crippen LogP contribution in [0.5, 0.6) is 11.5 Å². The number of nitrogens with zero attached hydrogens (tertiary/aromatic N) is 1. The molecule has 2 aromatic carbocycles. The van der Waals surface area contributed by atoms with E-state index in [0.29, 0.717) is 29.4 Å². The molecule has 1 aliphatic rings. The molecule has 0 aromatic heterocycles. The van der Waals surface area contributed by atoms with Gasteiger partial charge in [0, 0.05) is 5.56 Å². The molecule has 1 heterocycles. The third-order valence-electron chi connectivity index (χ3n) is 3.85. The van der Waals surface area contributed by atoms with Crippen LogP contribution in [-0.2, 0) is 9.59 Å². The zero-order valence-corrected chi connectivity index (χ0v) is 15.8. The molecule has 2 aromatic rings. The SMILES string of the molecule is CCOc1ccc(N2C(=O)/C(=C/c3ccccc3OCC(=O)[O-])NC2=S)cc1. The van der Waals surface area contributed by atoms with Crippen LogP contribution in [0.2, 0.25) is 0 Å². The van der Waals surface area contributed by atoms with E-state index in [2.05, 4.69) is 5.32 Å². The molecule has 1 fully saturated rings. The fourth-order valence-corrected chi connectivity index (χ4v) is 2.95. The van der Waals surface area contributed by atoms with Gasteiger partial charge in [-0.25, -0.2) is 0 Å². The summed E-state index contributed by atoms with van der Waals surface area (Å²) < 4.78 is 10.6. The molecule has 7 nitrogen and oxygen atoms in total. The molecule has 144 valence electrons. The highest BCUT2D eigenvalue weighted by Crippen LogP contribution is 2.27. The number of carbonyl (C=O) groups is 2. The summed E-state index contributed by atoms with van der Waals surface area (Å²) in [5.74, 6) is -0.644. The van der Waals surface area contributed by atoms with E-state index in [0.717, 1.165) is 0 Å². The number of ether oxygens (including phenoxy) is 2. The maximum atomic E-state index is 12.8. The van der Waals surface area contributed by atoms with Crippen molar-refractivity contribution in [2.24, 2.45) is 0 Å². The van der Waals surface area contributed by atoms with Crippen molar-refractivity contribution in [3.63, 3.8) is 0 Å². The fraction of sp³-hybridized carbons (Fsp3) is 0.150. The van der Waals surface area contributed by atoms with Crippen LogP contribution >= 0.6 is 12.2 Å². The van der Waals surface area contributed by atoms with Crippen LogP contribution in [0.15, 0.2) is 54.2 Å². The van der Waals surface area contributed by atoms with Gasteiger partial charge in [-0.3, -0.25) is 9.69 Å². The molecule has 1 N–H and O–H groups in total. The van der Waals surface area contributed by atoms with Crippen molar-refractivity contribution < 1.29 is 24.2 Å². The summed E-state index contributed by atoms with van der Waals surface area (Å²) in [5.41, 5.74) is 1.40. The number of nitrogens with one attached hydrogen (secondary N) is 1. The Morgan fingerprint density at radius 2 is 1.89 bits per heavy atom. The molecule has 0 saturated carbocycles. The molecule has 0 unspecified atom stereocenters. The van der Waals surface area contributed by atoms with E-state index in [1.165, 1.54) is 4.90 Å². The second-order valence-corrected chi connectivity index (χ2v) is 6.14. The Bertz CT molecular complexity index is 940. The van der Waals surface area contributed by atoms with Crippen molar-refractivity contribution in [1.29, 1.82) is 0 Å². The van der Waals surface area contributed by atoms with Gasteiger partial charge in [0.15, 0.2) is 5.11 Å². The molecule has 1 aliphatic heterocycles. The highest BCUT2D eigenvalue weighted by Gasteiger charge is 2.32. The van der Waals surface area contributed by atoms with E-state index in [4.69, 9.17) is 21.7 Å². The van der Waals surface area contributed by atoms with Crippen molar-refractivity contribution in [1.82, 2.24) is 5.32 Å². The maximum absolute atomic E-state index is 12.8. The quantitative estimate of drug-likeness (QED) is 0.559. The van der Waals surface area contributed by atoms with Gasteiger partial charge in [-0.1, -0.05) is 18.2 Å². The van der Waals surface area contributed by atoms with Crippen LogP contribution in [-0.4, -0.2) is 30.2 Å². The molecule has 0 spiro atoms. The summed E-state index contributed by atoms with van der Waals surface area (Å²) in [6.07, 6.45) is 1.56. The van der Waals surface area contributed by atoms with Gasteiger partial charge in [0.1, 0.15) is 23.8 Å². The van der Waals surface area contributed by atoms with Gasteiger partial charge >= 0.3 is 0 Å². The van der Waals surface area contributed by atoms with E-state index < -0.39 is 12.6 Å². The minimum absolute atomic E-state index is 0.244. The number of anilines is 1. The average Bonchev–Trinajstić information content (AvgIpc) is 2.95. The van der Waals surface area contributed by atoms with Crippen molar-refractivity contribution in [2.75, 3.05) is 18.1 Å². The summed E-state index contributed by atoms with van der Waals surface area (Å²) >= 11 is 5.30. The minimum Gasteiger partial charge on any atom is -0.546 e. The number of rotatable bonds is 7. The number of hydrogen-bond donors (Lipinski definition) is 1. The topological polar surface area (TPSA) is 90.9 Å². The number of carbonyl (C=O) groups excluding carboxylic acids is 2. The molecule has 0 radical (unpaired) electrons. The van der Waals surface area contributed by atoms with Gasteiger partial charge < -0.3 is 24.7 Å². The van der Waals surface area contributed by atoms with Crippen LogP contribution in [0, 0.1) is 0 Å². The molecule has 28 heavy (non-hydrogen) atoms. The number of hydrogen-bond acceptors (Lipinski definition) is 6. The lowest BCUT2D eigenvalue weighted by molar-refractivity contribution is -0.307. The summed E-state index contributed by atoms with van der Waals surface area (Å²) in [4.78, 5) is 24.9. The fourth-order valence-electron chi connectivity index (χ4n) is 2.65. The summed E-state index contributed by atoms with van der Waals surface area (Å²) in [5, 5.41) is 13.8. The molecule has 1 amide bonds. The zero-order valence-electron chi connectivity index (χ0n) is 15.0. The van der Waals surface area contributed by atoms with Crippen molar-refractivity contribution in [3.05, 3.63) is 59.8 Å². The standard InChI is InChI=1S/C20H18N2O5S/c1-2-26-15-9-7-14(8-10-15)22-19(25)16(21-20(22)28)11-13-5-3-4-6-17(13)27-12-18(23)24/h3-11H,2,12H2,1H3,(H,21,28)(H,23,24)/p-1/b16-11-. The monoisotopic (exact) mass is 397 g/mol. The van der Waals surface area contributed by atoms with E-state index >= 15 is 0 Å². The Labute approximate surface area is 167 Å². The lowest BCUT2D eigenvalue weighted by atomic mass is 10.1. The van der Waals surface area contributed by atoms with Crippen molar-refractivity contribution in [2.45, 2.75) is 6.92 Å². The first-order valence-corrected chi connectivity index (χ1v) is 8.92. The van der Waals surface area contributed by atoms with E-state index in [9.17, 15) is 14.7 Å². The van der Waals surface area contributed by atoms with Crippen LogP contribution in [0.1, 0.15) is 12.5 Å². The second-order valence-electron chi connectivity index (χ2n) is 5.75. The Hall–Kier alpha value is -3.39. The number of aliphatic carboxylic acids is 1. The molecule has 0 aliphatic carbocycles. The predicted molar refractivity (Wildman–Crippen MR) is 106 cm³/mol. The van der Waals surface area contributed by atoms with Gasteiger partial charge in [0.2, 0.25) is 0 Å². The summed E-state index contributed by atoms with van der Waals surface area (Å²) in [7, 11) is 0. The molecule has 3 rings (SSSR count). The number of amides is 1. The average molecular weight is 397 g/mol. The first-order valence-electron chi connectivity index (χ1n) is 8.51. The van der Waals surface area contributed by atoms with E-state index in [1.807, 2.05) is 6.92 Å². The number of para-hydroxylation sites is 1. The highest BCUT2D eigenvalue weighted by atomic mass is 32.1. The minimum atomic E-state index is -1.33. The molecular weight excluding hydrogens is 380 g/mol. The zero-order chi connectivity index (χ0) is 20.1. The van der Waals surface area contributed by atoms with Gasteiger partial charge in [0.05, 0.1) is 18.3 Å². The van der Waals surface area contributed by atoms with E-state index in [1.54, 1.807) is 54.6 Å². The number of benzene rings is 2. The van der Waals surface area contributed by atoms with Gasteiger partial charge in [-0.15, -0.1) is 0 Å². The first kappa shape index (κ1) is 19.4. The molecule has 8 heteroatoms. The summed E-state index contributed by atoms with van der Waals surface area (Å²) in [6.45, 7) is 1.86. The van der Waals surface area contributed by atoms with Gasteiger partial charge in [-0.05, 0) is 55.5 Å². The Morgan fingerprint density at radius 3 is 2.57 bits per heavy atom. The Kier molecular flexibility index (Phi) is 5.90. The van der Waals surface area contributed by atoms with Crippen molar-refractivity contribution in [3.8, 4) is 11.5 Å². The number of carboxylic acid groups (broad SMARTS) is 1. The number of thiocarbonyl (C=S) groups is 1. The second kappa shape index (κ2) is 8.53.